The Labute approximate surface area is 211 Å². The van der Waals surface area contributed by atoms with Gasteiger partial charge in [0.25, 0.3) is 0 Å². The Bertz CT molecular complexity index is 1420. The molecule has 2 fully saturated rings. The number of hydrogen-bond donors (Lipinski definition) is 1. The van der Waals surface area contributed by atoms with Crippen molar-refractivity contribution in [2.24, 2.45) is 0 Å². The molecule has 0 saturated carbocycles. The van der Waals surface area contributed by atoms with E-state index in [1.165, 1.54) is 18.3 Å². The zero-order valence-corrected chi connectivity index (χ0v) is 20.1. The fourth-order valence-electron chi connectivity index (χ4n) is 4.95. The average Bonchev–Trinajstić information content (AvgIpc) is 3.35. The van der Waals surface area contributed by atoms with Crippen LogP contribution >= 0.6 is 0 Å². The van der Waals surface area contributed by atoms with Crippen LogP contribution in [-0.4, -0.2) is 79.3 Å². The normalized spacial score (nSPS) is 17.5. The number of morpholine rings is 1. The quantitative estimate of drug-likeness (QED) is 0.436. The lowest BCUT2D eigenvalue weighted by Crippen LogP contribution is -2.37. The third kappa shape index (κ3) is 4.81. The van der Waals surface area contributed by atoms with E-state index < -0.39 is 11.6 Å². The molecule has 0 bridgehead atoms. The molecule has 2 saturated heterocycles. The van der Waals surface area contributed by atoms with E-state index in [0.717, 1.165) is 31.5 Å². The number of anilines is 1. The van der Waals surface area contributed by atoms with Gasteiger partial charge in [0.15, 0.2) is 34.4 Å². The first-order valence-electron chi connectivity index (χ1n) is 12.3. The number of ether oxygens (including phenoxy) is 1. The summed E-state index contributed by atoms with van der Waals surface area (Å²) in [5.74, 6) is -0.491. The summed E-state index contributed by atoms with van der Waals surface area (Å²) in [6, 6.07) is 5.71. The number of halogens is 2. The second-order valence-electron chi connectivity index (χ2n) is 9.36. The molecule has 37 heavy (non-hydrogen) atoms. The molecule has 6 rings (SSSR count). The molecule has 0 unspecified atom stereocenters. The van der Waals surface area contributed by atoms with Crippen LogP contribution in [0.5, 0.6) is 5.75 Å². The minimum atomic E-state index is -0.833. The van der Waals surface area contributed by atoms with E-state index >= 15 is 0 Å². The number of aromatic hydroxyl groups is 1. The summed E-state index contributed by atoms with van der Waals surface area (Å²) < 4.78 is 34.3. The predicted molar refractivity (Wildman–Crippen MR) is 131 cm³/mol. The first-order chi connectivity index (χ1) is 18.0. The topological polar surface area (TPSA) is 105 Å². The van der Waals surface area contributed by atoms with Crippen LogP contribution in [0.2, 0.25) is 0 Å². The standard InChI is InChI=1S/C25H26F2N8O2/c26-20-2-1-16(11-21(20)27)15-33-5-3-18(4-6-33)35-25-22(31-32-35)24(34-7-9-37-10-8-34)29-23(30-25)17-12-19(36)14-28-13-17/h1-2,11-14,18,36H,3-10,15H2. The molecule has 3 aromatic heterocycles. The van der Waals surface area contributed by atoms with Crippen LogP contribution in [0.25, 0.3) is 22.6 Å². The van der Waals surface area contributed by atoms with Crippen molar-refractivity contribution in [3.8, 4) is 17.1 Å². The average molecular weight is 509 g/mol. The lowest BCUT2D eigenvalue weighted by Gasteiger charge is -2.32. The van der Waals surface area contributed by atoms with E-state index in [4.69, 9.17) is 14.7 Å². The Balaban J connectivity index is 1.28. The molecule has 1 aromatic carbocycles. The van der Waals surface area contributed by atoms with E-state index in [-0.39, 0.29) is 11.8 Å². The molecule has 1 N–H and O–H groups in total. The Morgan fingerprint density at radius 2 is 1.78 bits per heavy atom. The molecule has 0 atom stereocenters. The number of piperidine rings is 1. The highest BCUT2D eigenvalue weighted by atomic mass is 19.2. The van der Waals surface area contributed by atoms with Gasteiger partial charge in [0.1, 0.15) is 5.75 Å². The van der Waals surface area contributed by atoms with Gasteiger partial charge in [-0.1, -0.05) is 11.3 Å². The monoisotopic (exact) mass is 508 g/mol. The summed E-state index contributed by atoms with van der Waals surface area (Å²) in [6.07, 6.45) is 4.60. The predicted octanol–water partition coefficient (Wildman–Crippen LogP) is 2.94. The lowest BCUT2D eigenvalue weighted by molar-refractivity contribution is 0.122. The van der Waals surface area contributed by atoms with Crippen LogP contribution in [0, 0.1) is 11.6 Å². The van der Waals surface area contributed by atoms with Crippen molar-refractivity contribution in [3.63, 3.8) is 0 Å². The van der Waals surface area contributed by atoms with Gasteiger partial charge in [-0.25, -0.2) is 23.4 Å². The van der Waals surface area contributed by atoms with Crippen LogP contribution in [0.1, 0.15) is 24.4 Å². The van der Waals surface area contributed by atoms with Gasteiger partial charge in [0.05, 0.1) is 25.5 Å². The first-order valence-corrected chi connectivity index (χ1v) is 12.3. The number of hydrogen-bond acceptors (Lipinski definition) is 9. The second-order valence-corrected chi connectivity index (χ2v) is 9.36. The van der Waals surface area contributed by atoms with Crippen molar-refractivity contribution in [1.82, 2.24) is 34.8 Å². The van der Waals surface area contributed by atoms with Crippen molar-refractivity contribution in [2.45, 2.75) is 25.4 Å². The third-order valence-corrected chi connectivity index (χ3v) is 6.89. The van der Waals surface area contributed by atoms with Gasteiger partial charge in [-0.05, 0) is 36.6 Å². The first kappa shape index (κ1) is 23.6. The van der Waals surface area contributed by atoms with Gasteiger partial charge in [0.2, 0.25) is 0 Å². The molecule has 4 aromatic rings. The van der Waals surface area contributed by atoms with E-state index in [0.29, 0.717) is 61.2 Å². The number of rotatable bonds is 5. The zero-order chi connectivity index (χ0) is 25.4. The van der Waals surface area contributed by atoms with Crippen LogP contribution in [0.15, 0.2) is 36.7 Å². The Morgan fingerprint density at radius 1 is 0.973 bits per heavy atom. The Hall–Kier alpha value is -3.77. The summed E-state index contributed by atoms with van der Waals surface area (Å²) in [4.78, 5) is 18.0. The number of fused-ring (bicyclic) bond motifs is 1. The van der Waals surface area contributed by atoms with Crippen molar-refractivity contribution in [2.75, 3.05) is 44.3 Å². The van der Waals surface area contributed by atoms with Crippen molar-refractivity contribution < 1.29 is 18.6 Å². The molecule has 0 aliphatic carbocycles. The van der Waals surface area contributed by atoms with Gasteiger partial charge in [-0.2, -0.15) is 0 Å². The maximum Gasteiger partial charge on any atom is 0.184 e. The van der Waals surface area contributed by atoms with Crippen molar-refractivity contribution in [3.05, 3.63) is 53.9 Å². The van der Waals surface area contributed by atoms with E-state index in [1.54, 1.807) is 18.3 Å². The highest BCUT2D eigenvalue weighted by molar-refractivity contribution is 5.85. The minimum Gasteiger partial charge on any atom is -0.506 e. The van der Waals surface area contributed by atoms with Gasteiger partial charge in [-0.3, -0.25) is 9.88 Å². The molecule has 5 heterocycles. The molecular weight excluding hydrogens is 482 g/mol. The Kier molecular flexibility index (Phi) is 6.35. The third-order valence-electron chi connectivity index (χ3n) is 6.89. The van der Waals surface area contributed by atoms with Crippen LogP contribution in [0.3, 0.4) is 0 Å². The molecule has 192 valence electrons. The molecule has 10 nitrogen and oxygen atoms in total. The lowest BCUT2D eigenvalue weighted by atomic mass is 10.0. The molecule has 0 amide bonds. The van der Waals surface area contributed by atoms with Gasteiger partial charge in [-0.15, -0.1) is 5.10 Å². The van der Waals surface area contributed by atoms with E-state index in [1.807, 2.05) is 4.68 Å². The number of aromatic nitrogens is 6. The fourth-order valence-corrected chi connectivity index (χ4v) is 4.95. The van der Waals surface area contributed by atoms with Crippen molar-refractivity contribution >= 4 is 17.0 Å². The molecule has 12 heteroatoms. The van der Waals surface area contributed by atoms with E-state index in [2.05, 4.69) is 25.1 Å². The van der Waals surface area contributed by atoms with E-state index in [9.17, 15) is 13.9 Å². The van der Waals surface area contributed by atoms with Crippen LogP contribution in [0.4, 0.5) is 14.6 Å². The number of pyridine rings is 1. The number of benzene rings is 1. The van der Waals surface area contributed by atoms with Gasteiger partial charge >= 0.3 is 0 Å². The van der Waals surface area contributed by atoms with Crippen molar-refractivity contribution in [1.29, 1.82) is 0 Å². The van der Waals surface area contributed by atoms with Gasteiger partial charge in [0, 0.05) is 44.5 Å². The molecular formula is C25H26F2N8O2. The second kappa shape index (κ2) is 9.94. The zero-order valence-electron chi connectivity index (χ0n) is 20.1. The fraction of sp³-hybridized carbons (Fsp3) is 0.400. The highest BCUT2D eigenvalue weighted by Crippen LogP contribution is 2.31. The highest BCUT2D eigenvalue weighted by Gasteiger charge is 2.27. The summed E-state index contributed by atoms with van der Waals surface area (Å²) in [5.41, 5.74) is 2.61. The smallest absolute Gasteiger partial charge is 0.184 e. The largest absolute Gasteiger partial charge is 0.506 e. The maximum absolute atomic E-state index is 13.6. The van der Waals surface area contributed by atoms with Crippen LogP contribution in [-0.2, 0) is 11.3 Å². The molecule has 2 aliphatic rings. The SMILES string of the molecule is Oc1cncc(-c2nc(N3CCOCC3)c3nnn(C4CCN(Cc5ccc(F)c(F)c5)CC4)c3n2)c1. The summed E-state index contributed by atoms with van der Waals surface area (Å²) in [7, 11) is 0. The summed E-state index contributed by atoms with van der Waals surface area (Å²) >= 11 is 0. The molecule has 2 aliphatic heterocycles. The van der Waals surface area contributed by atoms with Gasteiger partial charge < -0.3 is 14.7 Å². The number of likely N-dealkylation sites (tertiary alicyclic amines) is 1. The summed E-state index contributed by atoms with van der Waals surface area (Å²) in [6.45, 7) is 4.65. The molecule has 0 spiro atoms. The minimum absolute atomic E-state index is 0.0363. The summed E-state index contributed by atoms with van der Waals surface area (Å²) in [5, 5.41) is 18.9. The molecule has 0 radical (unpaired) electrons. The Morgan fingerprint density at radius 3 is 2.54 bits per heavy atom. The number of nitrogens with zero attached hydrogens (tertiary/aromatic N) is 8. The van der Waals surface area contributed by atoms with Crippen LogP contribution < -0.4 is 4.90 Å². The maximum atomic E-state index is 13.6.